The third-order valence-electron chi connectivity index (χ3n) is 6.37. The maximum atomic E-state index is 13.1. The topological polar surface area (TPSA) is 79.5 Å². The SMILES string of the molecule is CCCN(CCC)C1Cc2c([nH]c3ccc(C(=O)c4cccc(Cl)c4)cc23)C(OS(C)(=O)=O)C1. The molecule has 0 amide bonds. The minimum absolute atomic E-state index is 0.103. The van der Waals surface area contributed by atoms with Gasteiger partial charge in [-0.2, -0.15) is 8.42 Å². The van der Waals surface area contributed by atoms with Crippen molar-refractivity contribution >= 4 is 38.4 Å². The fourth-order valence-corrected chi connectivity index (χ4v) is 5.80. The van der Waals surface area contributed by atoms with Crippen LogP contribution < -0.4 is 0 Å². The van der Waals surface area contributed by atoms with Gasteiger partial charge in [0, 0.05) is 33.1 Å². The number of aromatic nitrogens is 1. The normalized spacial score (nSPS) is 18.4. The van der Waals surface area contributed by atoms with Crippen molar-refractivity contribution in [3.63, 3.8) is 0 Å². The number of ketones is 1. The molecule has 34 heavy (non-hydrogen) atoms. The molecule has 2 unspecified atom stereocenters. The second-order valence-corrected chi connectivity index (χ2v) is 11.1. The van der Waals surface area contributed by atoms with Crippen LogP contribution >= 0.6 is 11.6 Å². The average molecular weight is 503 g/mol. The number of H-pyrrole nitrogens is 1. The summed E-state index contributed by atoms with van der Waals surface area (Å²) in [6.45, 7) is 6.20. The van der Waals surface area contributed by atoms with Crippen LogP contribution in [0.15, 0.2) is 42.5 Å². The third kappa shape index (κ3) is 5.38. The van der Waals surface area contributed by atoms with Crippen LogP contribution in [0.1, 0.15) is 66.4 Å². The molecule has 1 heterocycles. The van der Waals surface area contributed by atoms with E-state index in [0.717, 1.165) is 60.8 Å². The number of fused-ring (bicyclic) bond motifs is 3. The van der Waals surface area contributed by atoms with Crippen molar-refractivity contribution in [3.05, 3.63) is 69.9 Å². The maximum absolute atomic E-state index is 13.1. The fraction of sp³-hybridized carbons (Fsp3) is 0.423. The molecular weight excluding hydrogens is 472 g/mol. The molecule has 0 aliphatic heterocycles. The Morgan fingerprint density at radius 2 is 1.82 bits per heavy atom. The monoisotopic (exact) mass is 502 g/mol. The lowest BCUT2D eigenvalue weighted by Crippen LogP contribution is -2.42. The van der Waals surface area contributed by atoms with Crippen LogP contribution in [0.4, 0.5) is 0 Å². The fourth-order valence-electron chi connectivity index (χ4n) is 5.01. The lowest BCUT2D eigenvalue weighted by Gasteiger charge is -2.37. The number of nitrogens with one attached hydrogen (secondary N) is 1. The Morgan fingerprint density at radius 3 is 2.47 bits per heavy atom. The highest BCUT2D eigenvalue weighted by atomic mass is 35.5. The Labute approximate surface area is 206 Å². The average Bonchev–Trinajstić information content (AvgIpc) is 3.16. The van der Waals surface area contributed by atoms with E-state index in [1.165, 1.54) is 0 Å². The molecule has 0 fully saturated rings. The Hall–Kier alpha value is -2.19. The Kier molecular flexibility index (Phi) is 7.48. The summed E-state index contributed by atoms with van der Waals surface area (Å²) in [6.07, 6.45) is 3.92. The van der Waals surface area contributed by atoms with Gasteiger partial charge in [0.2, 0.25) is 0 Å². The molecule has 2 atom stereocenters. The summed E-state index contributed by atoms with van der Waals surface area (Å²) in [4.78, 5) is 19.0. The number of hydrogen-bond donors (Lipinski definition) is 1. The molecule has 1 aliphatic carbocycles. The van der Waals surface area contributed by atoms with Crippen molar-refractivity contribution in [2.24, 2.45) is 0 Å². The summed E-state index contributed by atoms with van der Waals surface area (Å²) >= 11 is 6.09. The lowest BCUT2D eigenvalue weighted by atomic mass is 9.87. The number of hydrogen-bond acceptors (Lipinski definition) is 5. The zero-order chi connectivity index (χ0) is 24.5. The summed E-state index contributed by atoms with van der Waals surface area (Å²) < 4.78 is 29.7. The number of halogens is 1. The molecule has 1 aromatic heterocycles. The van der Waals surface area contributed by atoms with Crippen molar-refractivity contribution in [1.29, 1.82) is 0 Å². The van der Waals surface area contributed by atoms with E-state index in [0.29, 0.717) is 22.6 Å². The van der Waals surface area contributed by atoms with Gasteiger partial charge in [-0.25, -0.2) is 0 Å². The zero-order valence-corrected chi connectivity index (χ0v) is 21.4. The van der Waals surface area contributed by atoms with Gasteiger partial charge in [-0.1, -0.05) is 37.6 Å². The number of rotatable bonds is 9. The molecule has 8 heteroatoms. The van der Waals surface area contributed by atoms with Crippen molar-refractivity contribution in [2.75, 3.05) is 19.3 Å². The number of benzene rings is 2. The summed E-state index contributed by atoms with van der Waals surface area (Å²) in [7, 11) is -3.64. The quantitative estimate of drug-likeness (QED) is 0.308. The molecule has 1 N–H and O–H groups in total. The number of carbonyl (C=O) groups excluding carboxylic acids is 1. The van der Waals surface area contributed by atoms with E-state index < -0.39 is 16.2 Å². The van der Waals surface area contributed by atoms with Gasteiger partial charge in [-0.15, -0.1) is 0 Å². The van der Waals surface area contributed by atoms with Crippen LogP contribution in [0, 0.1) is 0 Å². The highest BCUT2D eigenvalue weighted by molar-refractivity contribution is 7.86. The Morgan fingerprint density at radius 1 is 1.12 bits per heavy atom. The van der Waals surface area contributed by atoms with Crippen molar-refractivity contribution in [3.8, 4) is 0 Å². The first kappa shape index (κ1) is 24.9. The van der Waals surface area contributed by atoms with Crippen LogP contribution in [0.3, 0.4) is 0 Å². The van der Waals surface area contributed by atoms with Gasteiger partial charge in [-0.3, -0.25) is 13.9 Å². The van der Waals surface area contributed by atoms with Crippen LogP contribution in [0.5, 0.6) is 0 Å². The van der Waals surface area contributed by atoms with E-state index in [9.17, 15) is 13.2 Å². The summed E-state index contributed by atoms with van der Waals surface area (Å²) in [5.74, 6) is -0.103. The van der Waals surface area contributed by atoms with Crippen molar-refractivity contribution in [2.45, 2.75) is 51.7 Å². The minimum Gasteiger partial charge on any atom is -0.356 e. The Bertz CT molecular complexity index is 1300. The van der Waals surface area contributed by atoms with Crippen LogP contribution in [0.25, 0.3) is 10.9 Å². The van der Waals surface area contributed by atoms with E-state index in [2.05, 4.69) is 23.7 Å². The molecule has 1 aliphatic rings. The number of aromatic amines is 1. The van der Waals surface area contributed by atoms with Gasteiger partial charge in [-0.05, 0) is 74.7 Å². The second kappa shape index (κ2) is 10.2. The standard InChI is InChI=1S/C26H31ClN2O4S/c1-4-11-29(12-5-2)20-15-22-21-14-18(26(30)17-7-6-8-19(27)13-17)9-10-23(21)28-25(22)24(16-20)33-34(3,31)32/h6-10,13-14,20,24,28H,4-5,11-12,15-16H2,1-3H3. The predicted molar refractivity (Wildman–Crippen MR) is 136 cm³/mol. The molecule has 2 aromatic carbocycles. The minimum atomic E-state index is -3.64. The van der Waals surface area contributed by atoms with Gasteiger partial charge < -0.3 is 4.98 Å². The maximum Gasteiger partial charge on any atom is 0.265 e. The van der Waals surface area contributed by atoms with Crippen molar-refractivity contribution < 1.29 is 17.4 Å². The molecule has 0 saturated carbocycles. The Balaban J connectivity index is 1.78. The van der Waals surface area contributed by atoms with Gasteiger partial charge in [0.25, 0.3) is 10.1 Å². The molecular formula is C26H31ClN2O4S. The lowest BCUT2D eigenvalue weighted by molar-refractivity contribution is 0.103. The highest BCUT2D eigenvalue weighted by Gasteiger charge is 2.35. The highest BCUT2D eigenvalue weighted by Crippen LogP contribution is 2.39. The van der Waals surface area contributed by atoms with E-state index in [1.54, 1.807) is 30.3 Å². The van der Waals surface area contributed by atoms with Crippen LogP contribution in [-0.4, -0.2) is 49.5 Å². The molecule has 0 radical (unpaired) electrons. The predicted octanol–water partition coefficient (Wildman–Crippen LogP) is 5.51. The zero-order valence-electron chi connectivity index (χ0n) is 19.8. The molecule has 4 rings (SSSR count). The molecule has 6 nitrogen and oxygen atoms in total. The first-order valence-corrected chi connectivity index (χ1v) is 14.0. The van der Waals surface area contributed by atoms with E-state index in [-0.39, 0.29) is 11.8 Å². The molecule has 3 aromatic rings. The van der Waals surface area contributed by atoms with Crippen LogP contribution in [0.2, 0.25) is 5.02 Å². The second-order valence-electron chi connectivity index (χ2n) is 9.04. The summed E-state index contributed by atoms with van der Waals surface area (Å²) in [6, 6.07) is 12.7. The number of nitrogens with zero attached hydrogens (tertiary/aromatic N) is 1. The smallest absolute Gasteiger partial charge is 0.265 e. The van der Waals surface area contributed by atoms with E-state index in [1.807, 2.05) is 12.1 Å². The molecule has 0 saturated heterocycles. The molecule has 0 spiro atoms. The molecule has 0 bridgehead atoms. The van der Waals surface area contributed by atoms with E-state index in [4.69, 9.17) is 15.8 Å². The van der Waals surface area contributed by atoms with Gasteiger partial charge in [0.15, 0.2) is 5.78 Å². The summed E-state index contributed by atoms with van der Waals surface area (Å²) in [5, 5.41) is 1.45. The summed E-state index contributed by atoms with van der Waals surface area (Å²) in [5.41, 5.74) is 3.78. The largest absolute Gasteiger partial charge is 0.356 e. The van der Waals surface area contributed by atoms with Gasteiger partial charge >= 0.3 is 0 Å². The van der Waals surface area contributed by atoms with Crippen molar-refractivity contribution in [1.82, 2.24) is 9.88 Å². The molecule has 182 valence electrons. The van der Waals surface area contributed by atoms with E-state index >= 15 is 0 Å². The van der Waals surface area contributed by atoms with Gasteiger partial charge in [0.05, 0.1) is 11.9 Å². The number of carbonyl (C=O) groups is 1. The van der Waals surface area contributed by atoms with Crippen LogP contribution in [-0.2, 0) is 20.7 Å². The third-order valence-corrected chi connectivity index (χ3v) is 7.18. The first-order chi connectivity index (χ1) is 16.2. The van der Waals surface area contributed by atoms with Gasteiger partial charge in [0.1, 0.15) is 6.10 Å². The first-order valence-electron chi connectivity index (χ1n) is 11.8.